The van der Waals surface area contributed by atoms with Gasteiger partial charge in [-0.2, -0.15) is 27.1 Å². The molecule has 0 saturated heterocycles. The predicted molar refractivity (Wildman–Crippen MR) is 87.0 cm³/mol. The van der Waals surface area contributed by atoms with Gasteiger partial charge in [0.25, 0.3) is 0 Å². The highest BCUT2D eigenvalue weighted by molar-refractivity contribution is 5.86. The monoisotopic (exact) mass is 401 g/mol. The minimum Gasteiger partial charge on any atom is -0.480 e. The van der Waals surface area contributed by atoms with Crippen LogP contribution in [0.15, 0.2) is 30.3 Å². The van der Waals surface area contributed by atoms with Crippen LogP contribution in [0.2, 0.25) is 0 Å². The normalized spacial score (nSPS) is 12.0. The number of aromatic nitrogens is 3. The molecule has 0 aliphatic heterocycles. The van der Waals surface area contributed by atoms with Crippen molar-refractivity contribution in [3.05, 3.63) is 41.6 Å². The average molecular weight is 401 g/mol. The first kappa shape index (κ1) is 19.5. The maximum Gasteiger partial charge on any atom is 0.417 e. The maximum absolute atomic E-state index is 13.6. The summed E-state index contributed by atoms with van der Waals surface area (Å²) in [5.74, 6) is -1.56. The summed E-state index contributed by atoms with van der Waals surface area (Å²) in [7, 11) is 0. The Balaban J connectivity index is 2.25. The van der Waals surface area contributed by atoms with Crippen LogP contribution in [-0.4, -0.2) is 32.5 Å². The first-order chi connectivity index (χ1) is 13.1. The van der Waals surface area contributed by atoms with E-state index in [4.69, 9.17) is 5.11 Å². The van der Waals surface area contributed by atoms with E-state index < -0.39 is 30.9 Å². The van der Waals surface area contributed by atoms with Crippen LogP contribution in [0.3, 0.4) is 0 Å². The molecule has 11 heteroatoms. The number of rotatable bonds is 5. The molecular weight excluding hydrogens is 389 g/mol. The van der Waals surface area contributed by atoms with Crippen LogP contribution in [-0.2, 0) is 17.5 Å². The lowest BCUT2D eigenvalue weighted by Gasteiger charge is -2.12. The molecule has 0 fully saturated rings. The van der Waals surface area contributed by atoms with E-state index in [1.807, 2.05) is 0 Å². The Kier molecular flexibility index (Phi) is 4.92. The van der Waals surface area contributed by atoms with Gasteiger partial charge < -0.3 is 9.84 Å². The van der Waals surface area contributed by atoms with Crippen molar-refractivity contribution in [2.45, 2.75) is 26.3 Å². The van der Waals surface area contributed by atoms with Crippen LogP contribution in [0.4, 0.5) is 22.0 Å². The number of pyridine rings is 1. The summed E-state index contributed by atoms with van der Waals surface area (Å²) in [6, 6.07) is 5.80. The number of alkyl halides is 5. The summed E-state index contributed by atoms with van der Waals surface area (Å²) < 4.78 is 70.8. The third-order valence-electron chi connectivity index (χ3n) is 3.82. The van der Waals surface area contributed by atoms with Gasteiger partial charge in [-0.05, 0) is 25.1 Å². The zero-order chi connectivity index (χ0) is 20.6. The first-order valence-electron chi connectivity index (χ1n) is 7.78. The number of nitrogens with zero attached hydrogens (tertiary/aromatic N) is 3. The van der Waals surface area contributed by atoms with Gasteiger partial charge in [-0.3, -0.25) is 4.79 Å². The second kappa shape index (κ2) is 7.06. The van der Waals surface area contributed by atoms with Gasteiger partial charge in [0.1, 0.15) is 12.3 Å². The Labute approximate surface area is 154 Å². The zero-order valence-corrected chi connectivity index (χ0v) is 14.2. The highest BCUT2D eigenvalue weighted by Crippen LogP contribution is 2.38. The minimum absolute atomic E-state index is 0.0302. The van der Waals surface area contributed by atoms with Crippen LogP contribution in [0.25, 0.3) is 22.3 Å². The molecule has 0 bridgehead atoms. The van der Waals surface area contributed by atoms with Crippen LogP contribution < -0.4 is 4.74 Å². The molecule has 0 aliphatic rings. The lowest BCUT2D eigenvalue weighted by atomic mass is 10.0. The molecular formula is C17H12F5N3O3. The van der Waals surface area contributed by atoms with Crippen LogP contribution in [0.1, 0.15) is 11.3 Å². The summed E-state index contributed by atoms with van der Waals surface area (Å²) in [4.78, 5) is 15.1. The summed E-state index contributed by atoms with van der Waals surface area (Å²) in [5.41, 5.74) is -1.46. The van der Waals surface area contributed by atoms with Crippen molar-refractivity contribution in [1.82, 2.24) is 14.8 Å². The summed E-state index contributed by atoms with van der Waals surface area (Å²) in [6.45, 7) is -2.47. The predicted octanol–water partition coefficient (Wildman–Crippen LogP) is 4.11. The third-order valence-corrected chi connectivity index (χ3v) is 3.82. The SMILES string of the molecule is Cc1nn(CC(=O)O)c2nc(-c3cccc(OC(F)F)c3)cc(C(F)(F)F)c12. The second-order valence-corrected chi connectivity index (χ2v) is 5.79. The average Bonchev–Trinajstić information content (AvgIpc) is 2.88. The quantitative estimate of drug-likeness (QED) is 0.651. The Morgan fingerprint density at radius 2 is 2.00 bits per heavy atom. The van der Waals surface area contributed by atoms with E-state index in [1.165, 1.54) is 25.1 Å². The Morgan fingerprint density at radius 3 is 2.61 bits per heavy atom. The smallest absolute Gasteiger partial charge is 0.417 e. The molecule has 2 heterocycles. The molecule has 3 aromatic rings. The molecule has 148 valence electrons. The lowest BCUT2D eigenvalue weighted by molar-refractivity contribution is -0.138. The molecule has 0 radical (unpaired) electrons. The van der Waals surface area contributed by atoms with Crippen molar-refractivity contribution in [2.24, 2.45) is 0 Å². The molecule has 6 nitrogen and oxygen atoms in total. The number of hydrogen-bond acceptors (Lipinski definition) is 4. The van der Waals surface area contributed by atoms with E-state index in [0.717, 1.165) is 16.8 Å². The van der Waals surface area contributed by atoms with Crippen molar-refractivity contribution in [1.29, 1.82) is 0 Å². The standard InChI is InChI=1S/C17H12F5N3O3/c1-8-14-11(17(20,21)22)6-12(23-15(14)25(24-8)7-13(26)27)9-3-2-4-10(5-9)28-16(18)19/h2-6,16H,7H2,1H3,(H,26,27). The highest BCUT2D eigenvalue weighted by Gasteiger charge is 2.35. The molecule has 0 amide bonds. The number of carboxylic acid groups (broad SMARTS) is 1. The second-order valence-electron chi connectivity index (χ2n) is 5.79. The number of carboxylic acids is 1. The number of benzene rings is 1. The lowest BCUT2D eigenvalue weighted by Crippen LogP contribution is -2.12. The number of hydrogen-bond donors (Lipinski definition) is 1. The summed E-state index contributed by atoms with van der Waals surface area (Å²) in [5, 5.41) is 12.5. The Morgan fingerprint density at radius 1 is 1.29 bits per heavy atom. The molecule has 0 unspecified atom stereocenters. The van der Waals surface area contributed by atoms with E-state index in [1.54, 1.807) is 0 Å². The van der Waals surface area contributed by atoms with E-state index in [2.05, 4.69) is 14.8 Å². The molecule has 0 saturated carbocycles. The molecule has 0 spiro atoms. The third kappa shape index (κ3) is 3.87. The topological polar surface area (TPSA) is 77.2 Å². The van der Waals surface area contributed by atoms with Crippen molar-refractivity contribution < 1.29 is 36.6 Å². The first-order valence-corrected chi connectivity index (χ1v) is 7.78. The Bertz CT molecular complexity index is 1050. The van der Waals surface area contributed by atoms with Gasteiger partial charge in [0.05, 0.1) is 22.3 Å². The molecule has 0 atom stereocenters. The summed E-state index contributed by atoms with van der Waals surface area (Å²) in [6.07, 6.45) is -4.77. The van der Waals surface area contributed by atoms with Crippen molar-refractivity contribution in [3.63, 3.8) is 0 Å². The fourth-order valence-corrected chi connectivity index (χ4v) is 2.79. The number of carbonyl (C=O) groups is 1. The fraction of sp³-hybridized carbons (Fsp3) is 0.235. The Hall–Kier alpha value is -3.24. The van der Waals surface area contributed by atoms with Crippen LogP contribution in [0, 0.1) is 6.92 Å². The fourth-order valence-electron chi connectivity index (χ4n) is 2.79. The number of aliphatic carboxylic acids is 1. The van der Waals surface area contributed by atoms with Crippen LogP contribution in [0.5, 0.6) is 5.75 Å². The van der Waals surface area contributed by atoms with Gasteiger partial charge in [-0.25, -0.2) is 9.67 Å². The molecule has 0 aliphatic carbocycles. The number of ether oxygens (including phenoxy) is 1. The van der Waals surface area contributed by atoms with E-state index in [-0.39, 0.29) is 33.7 Å². The molecule has 1 N–H and O–H groups in total. The van der Waals surface area contributed by atoms with Crippen molar-refractivity contribution in [2.75, 3.05) is 0 Å². The molecule has 3 rings (SSSR count). The van der Waals surface area contributed by atoms with Gasteiger partial charge in [-0.15, -0.1) is 0 Å². The van der Waals surface area contributed by atoms with Crippen molar-refractivity contribution >= 4 is 17.0 Å². The summed E-state index contributed by atoms with van der Waals surface area (Å²) >= 11 is 0. The van der Waals surface area contributed by atoms with Gasteiger partial charge in [0, 0.05) is 5.56 Å². The number of fused-ring (bicyclic) bond motifs is 1. The van der Waals surface area contributed by atoms with Gasteiger partial charge in [0.2, 0.25) is 0 Å². The van der Waals surface area contributed by atoms with Gasteiger partial charge >= 0.3 is 18.8 Å². The maximum atomic E-state index is 13.6. The number of halogens is 5. The van der Waals surface area contributed by atoms with Crippen molar-refractivity contribution in [3.8, 4) is 17.0 Å². The van der Waals surface area contributed by atoms with E-state index >= 15 is 0 Å². The highest BCUT2D eigenvalue weighted by atomic mass is 19.4. The van der Waals surface area contributed by atoms with Crippen LogP contribution >= 0.6 is 0 Å². The van der Waals surface area contributed by atoms with Gasteiger partial charge in [-0.1, -0.05) is 12.1 Å². The molecule has 28 heavy (non-hydrogen) atoms. The largest absolute Gasteiger partial charge is 0.480 e. The van der Waals surface area contributed by atoms with Gasteiger partial charge in [0.15, 0.2) is 5.65 Å². The van der Waals surface area contributed by atoms with E-state index in [0.29, 0.717) is 0 Å². The molecule has 2 aromatic heterocycles. The minimum atomic E-state index is -4.77. The van der Waals surface area contributed by atoms with E-state index in [9.17, 15) is 26.7 Å². The number of aryl methyl sites for hydroxylation is 1. The molecule has 1 aromatic carbocycles. The zero-order valence-electron chi connectivity index (χ0n) is 14.2.